The van der Waals surface area contributed by atoms with Gasteiger partial charge in [-0.3, -0.25) is 15.1 Å². The zero-order valence-electron chi connectivity index (χ0n) is 19.1. The van der Waals surface area contributed by atoms with E-state index in [4.69, 9.17) is 15.6 Å². The summed E-state index contributed by atoms with van der Waals surface area (Å²) in [6, 6.07) is 7.67. The van der Waals surface area contributed by atoms with Gasteiger partial charge in [0.05, 0.1) is 0 Å². The van der Waals surface area contributed by atoms with E-state index in [0.29, 0.717) is 22.9 Å². The Morgan fingerprint density at radius 3 is 2.20 bits per heavy atom. The van der Waals surface area contributed by atoms with Crippen LogP contribution in [0.4, 0.5) is 0 Å². The molecule has 1 heterocycles. The Hall–Kier alpha value is -2.34. The largest absolute Gasteiger partial charge is 0.451 e. The lowest BCUT2D eigenvalue weighted by atomic mass is 9.84. The Balaban J connectivity index is 1.64. The molecule has 164 valence electrons. The number of carbonyl (C=O) groups is 1. The zero-order valence-corrected chi connectivity index (χ0v) is 19.1. The summed E-state index contributed by atoms with van der Waals surface area (Å²) in [5.74, 6) is 0.127. The number of hydrogen-bond donors (Lipinski definition) is 3. The second kappa shape index (κ2) is 8.06. The molecule has 0 aliphatic heterocycles. The third-order valence-electron chi connectivity index (χ3n) is 5.89. The molecule has 0 saturated heterocycles. The molecule has 1 aromatic heterocycles. The minimum atomic E-state index is -0.178. The number of nitrogens with zero attached hydrogens (tertiary/aromatic N) is 1. The molecule has 30 heavy (non-hydrogen) atoms. The molecule has 3 rings (SSSR count). The van der Waals surface area contributed by atoms with Crippen LogP contribution in [-0.4, -0.2) is 39.8 Å². The van der Waals surface area contributed by atoms with Crippen LogP contribution in [0.5, 0.6) is 0 Å². The van der Waals surface area contributed by atoms with Crippen LogP contribution in [0.25, 0.3) is 11.0 Å². The molecular weight excluding hydrogens is 376 g/mol. The molecule has 1 fully saturated rings. The van der Waals surface area contributed by atoms with Gasteiger partial charge < -0.3 is 15.5 Å². The maximum Gasteiger partial charge on any atom is 0.287 e. The number of fused-ring (bicyclic) bond motifs is 1. The standard InChI is InChI=1S/C24H36N4O2/c1-23(2,3)28(24(4,5)6)18-10-8-17(9-11-18)27-22(29)20-14-16-13-15(21(25)26)7-12-19(16)30-20/h7,12-14,17-18H,8-11H2,1-6H3,(H3,25,26)(H,27,29). The van der Waals surface area contributed by atoms with Crippen molar-refractivity contribution >= 4 is 22.7 Å². The fourth-order valence-electron chi connectivity index (χ4n) is 5.16. The Bertz CT molecular complexity index is 911. The number of nitrogens with one attached hydrogen (secondary N) is 2. The van der Waals surface area contributed by atoms with Crippen LogP contribution < -0.4 is 11.1 Å². The van der Waals surface area contributed by atoms with Crippen LogP contribution in [0, 0.1) is 5.41 Å². The molecule has 1 saturated carbocycles. The lowest BCUT2D eigenvalue weighted by Crippen LogP contribution is -2.59. The van der Waals surface area contributed by atoms with Gasteiger partial charge >= 0.3 is 0 Å². The average molecular weight is 413 g/mol. The van der Waals surface area contributed by atoms with Crippen molar-refractivity contribution in [3.63, 3.8) is 0 Å². The van der Waals surface area contributed by atoms with Crippen LogP contribution in [0.1, 0.15) is 83.3 Å². The Labute approximate surface area is 179 Å². The number of hydrogen-bond acceptors (Lipinski definition) is 4. The quantitative estimate of drug-likeness (QED) is 0.503. The van der Waals surface area contributed by atoms with Crippen LogP contribution >= 0.6 is 0 Å². The first kappa shape index (κ1) is 22.3. The highest BCUT2D eigenvalue weighted by molar-refractivity contribution is 6.00. The summed E-state index contributed by atoms with van der Waals surface area (Å²) in [5.41, 5.74) is 7.00. The molecule has 0 radical (unpaired) electrons. The predicted octanol–water partition coefficient (Wildman–Crippen LogP) is 4.66. The van der Waals surface area contributed by atoms with E-state index in [0.717, 1.165) is 31.1 Å². The van der Waals surface area contributed by atoms with Gasteiger partial charge in [-0.05, 0) is 91.5 Å². The van der Waals surface area contributed by atoms with Crippen molar-refractivity contribution in [1.82, 2.24) is 10.2 Å². The predicted molar refractivity (Wildman–Crippen MR) is 122 cm³/mol. The normalized spacial score (nSPS) is 20.5. The maximum absolute atomic E-state index is 12.8. The lowest BCUT2D eigenvalue weighted by molar-refractivity contribution is -0.0217. The van der Waals surface area contributed by atoms with Crippen LogP contribution in [-0.2, 0) is 0 Å². The van der Waals surface area contributed by atoms with E-state index in [1.165, 1.54) is 0 Å². The number of nitrogens with two attached hydrogens (primary N) is 1. The molecule has 1 amide bonds. The Morgan fingerprint density at radius 2 is 1.67 bits per heavy atom. The molecule has 1 aromatic carbocycles. The molecule has 0 unspecified atom stereocenters. The van der Waals surface area contributed by atoms with Gasteiger partial charge in [-0.2, -0.15) is 0 Å². The second-order valence-corrected chi connectivity index (χ2v) is 10.5. The highest BCUT2D eigenvalue weighted by atomic mass is 16.3. The minimum absolute atomic E-state index is 0.000388. The van der Waals surface area contributed by atoms with Crippen LogP contribution in [0.15, 0.2) is 28.7 Å². The average Bonchev–Trinajstić information content (AvgIpc) is 3.04. The molecule has 2 aromatic rings. The topological polar surface area (TPSA) is 95.4 Å². The molecule has 6 heteroatoms. The van der Waals surface area contributed by atoms with Crippen molar-refractivity contribution in [2.75, 3.05) is 0 Å². The minimum Gasteiger partial charge on any atom is -0.451 e. The first-order valence-electron chi connectivity index (χ1n) is 10.8. The summed E-state index contributed by atoms with van der Waals surface area (Å²) in [6.45, 7) is 13.7. The number of furan rings is 1. The van der Waals surface area contributed by atoms with Gasteiger partial charge in [0.25, 0.3) is 5.91 Å². The summed E-state index contributed by atoms with van der Waals surface area (Å²) in [6.07, 6.45) is 4.07. The molecule has 6 nitrogen and oxygen atoms in total. The monoisotopic (exact) mass is 412 g/mol. The third kappa shape index (κ3) is 4.86. The van der Waals surface area contributed by atoms with Crippen molar-refractivity contribution in [1.29, 1.82) is 5.41 Å². The van der Waals surface area contributed by atoms with Crippen molar-refractivity contribution < 1.29 is 9.21 Å². The molecule has 0 spiro atoms. The first-order chi connectivity index (χ1) is 13.9. The SMILES string of the molecule is CC(C)(C)N(C1CCC(NC(=O)c2cc3cc(C(=N)N)ccc3o2)CC1)C(C)(C)C. The van der Waals surface area contributed by atoms with Gasteiger partial charge in [0.1, 0.15) is 11.4 Å². The van der Waals surface area contributed by atoms with Crippen LogP contribution in [0.2, 0.25) is 0 Å². The van der Waals surface area contributed by atoms with Gasteiger partial charge in [-0.1, -0.05) is 0 Å². The summed E-state index contributed by atoms with van der Waals surface area (Å²) in [4.78, 5) is 15.4. The third-order valence-corrected chi connectivity index (χ3v) is 5.89. The summed E-state index contributed by atoms with van der Waals surface area (Å²) >= 11 is 0. The number of nitrogen functional groups attached to an aromatic ring is 1. The zero-order chi connectivity index (χ0) is 22.3. The Morgan fingerprint density at radius 1 is 1.07 bits per heavy atom. The highest BCUT2D eigenvalue weighted by Crippen LogP contribution is 2.34. The van der Waals surface area contributed by atoms with Crippen molar-refractivity contribution in [3.05, 3.63) is 35.6 Å². The van der Waals surface area contributed by atoms with Gasteiger partial charge in [0.15, 0.2) is 5.76 Å². The van der Waals surface area contributed by atoms with E-state index >= 15 is 0 Å². The summed E-state index contributed by atoms with van der Waals surface area (Å²) in [7, 11) is 0. The van der Waals surface area contributed by atoms with Crippen molar-refractivity contribution in [2.24, 2.45) is 5.73 Å². The second-order valence-electron chi connectivity index (χ2n) is 10.5. The molecule has 1 aliphatic rings. The van der Waals surface area contributed by atoms with Gasteiger partial charge in [-0.15, -0.1) is 0 Å². The van der Waals surface area contributed by atoms with E-state index in [1.807, 2.05) is 0 Å². The number of carbonyl (C=O) groups excluding carboxylic acids is 1. The van der Waals surface area contributed by atoms with E-state index in [9.17, 15) is 4.79 Å². The molecule has 0 bridgehead atoms. The van der Waals surface area contributed by atoms with E-state index < -0.39 is 0 Å². The van der Waals surface area contributed by atoms with E-state index in [2.05, 4.69) is 51.8 Å². The van der Waals surface area contributed by atoms with Crippen LogP contribution in [0.3, 0.4) is 0 Å². The number of benzene rings is 1. The molecular formula is C24H36N4O2. The molecule has 1 aliphatic carbocycles. The maximum atomic E-state index is 12.8. The molecule has 0 atom stereocenters. The molecule has 4 N–H and O–H groups in total. The fraction of sp³-hybridized carbons (Fsp3) is 0.583. The van der Waals surface area contributed by atoms with Crippen molar-refractivity contribution in [2.45, 2.75) is 90.4 Å². The highest BCUT2D eigenvalue weighted by Gasteiger charge is 2.38. The summed E-state index contributed by atoms with van der Waals surface area (Å²) < 4.78 is 5.72. The van der Waals surface area contributed by atoms with E-state index in [1.54, 1.807) is 24.3 Å². The van der Waals surface area contributed by atoms with Gasteiger partial charge in [-0.25, -0.2) is 0 Å². The summed E-state index contributed by atoms with van der Waals surface area (Å²) in [5, 5.41) is 11.5. The number of amidine groups is 1. The lowest BCUT2D eigenvalue weighted by Gasteiger charge is -2.52. The van der Waals surface area contributed by atoms with Gasteiger partial charge in [0.2, 0.25) is 0 Å². The Kier molecular flexibility index (Phi) is 6.01. The number of rotatable bonds is 4. The van der Waals surface area contributed by atoms with Gasteiger partial charge in [0, 0.05) is 34.1 Å². The smallest absolute Gasteiger partial charge is 0.287 e. The number of amides is 1. The fourth-order valence-corrected chi connectivity index (χ4v) is 5.16. The first-order valence-corrected chi connectivity index (χ1v) is 10.8. The van der Waals surface area contributed by atoms with Crippen molar-refractivity contribution in [3.8, 4) is 0 Å². The van der Waals surface area contributed by atoms with E-state index in [-0.39, 0.29) is 28.9 Å².